The van der Waals surface area contributed by atoms with Gasteiger partial charge in [-0.2, -0.15) is 0 Å². The zero-order chi connectivity index (χ0) is 15.2. The van der Waals surface area contributed by atoms with E-state index in [1.54, 1.807) is 0 Å². The topological polar surface area (TPSA) is 29.1 Å². The van der Waals surface area contributed by atoms with Crippen molar-refractivity contribution in [3.05, 3.63) is 70.8 Å². The minimum atomic E-state index is -0.0245. The molecule has 0 spiro atoms. The van der Waals surface area contributed by atoms with Gasteiger partial charge in [0.1, 0.15) is 0 Å². The summed E-state index contributed by atoms with van der Waals surface area (Å²) >= 11 is 3.41. The Morgan fingerprint density at radius 3 is 2.24 bits per heavy atom. The number of amides is 1. The zero-order valence-electron chi connectivity index (χ0n) is 12.4. The lowest BCUT2D eigenvalue weighted by Gasteiger charge is -2.18. The van der Waals surface area contributed by atoms with Crippen LogP contribution in [0.4, 0.5) is 0 Å². The van der Waals surface area contributed by atoms with E-state index in [4.69, 9.17) is 0 Å². The molecule has 0 aliphatic carbocycles. The monoisotopic (exact) mass is 345 g/mol. The van der Waals surface area contributed by atoms with Gasteiger partial charge in [0.15, 0.2) is 0 Å². The van der Waals surface area contributed by atoms with Gasteiger partial charge in [-0.3, -0.25) is 4.79 Å². The second kappa shape index (κ2) is 7.41. The second-order valence-corrected chi connectivity index (χ2v) is 5.74. The summed E-state index contributed by atoms with van der Waals surface area (Å²) in [5.74, 6) is -0.0245. The quantitative estimate of drug-likeness (QED) is 0.777. The number of halogens is 1. The lowest BCUT2D eigenvalue weighted by molar-refractivity contribution is 0.0935. The van der Waals surface area contributed by atoms with Crippen LogP contribution >= 0.6 is 15.9 Å². The normalized spacial score (nSPS) is 12.0. The maximum Gasteiger partial charge on any atom is 0.251 e. The SMILES string of the molecule is CCC(NC(=O)c1ccc(CBr)cc1)c1ccc(C)cc1. The van der Waals surface area contributed by atoms with Crippen molar-refractivity contribution in [3.63, 3.8) is 0 Å². The maximum absolute atomic E-state index is 12.3. The van der Waals surface area contributed by atoms with Crippen LogP contribution in [0.2, 0.25) is 0 Å². The van der Waals surface area contributed by atoms with Gasteiger partial charge in [0, 0.05) is 10.9 Å². The first-order valence-electron chi connectivity index (χ1n) is 7.16. The Morgan fingerprint density at radius 2 is 1.71 bits per heavy atom. The van der Waals surface area contributed by atoms with Crippen LogP contribution in [0.1, 0.15) is 46.4 Å². The van der Waals surface area contributed by atoms with Gasteiger partial charge in [0.2, 0.25) is 0 Å². The van der Waals surface area contributed by atoms with Crippen molar-refractivity contribution in [3.8, 4) is 0 Å². The van der Waals surface area contributed by atoms with E-state index in [2.05, 4.69) is 59.4 Å². The van der Waals surface area contributed by atoms with Crippen LogP contribution in [0.15, 0.2) is 48.5 Å². The number of carbonyl (C=O) groups is 1. The van der Waals surface area contributed by atoms with E-state index in [0.717, 1.165) is 22.9 Å². The third-order valence-electron chi connectivity index (χ3n) is 3.56. The molecule has 1 atom stereocenters. The molecule has 0 aliphatic heterocycles. The van der Waals surface area contributed by atoms with Gasteiger partial charge in [-0.25, -0.2) is 0 Å². The minimum absolute atomic E-state index is 0.0245. The lowest BCUT2D eigenvalue weighted by atomic mass is 10.0. The Hall–Kier alpha value is -1.61. The average Bonchev–Trinajstić information content (AvgIpc) is 2.53. The van der Waals surface area contributed by atoms with Crippen LogP contribution in [0.3, 0.4) is 0 Å². The molecule has 0 fully saturated rings. The molecule has 0 aliphatic rings. The first-order valence-corrected chi connectivity index (χ1v) is 8.28. The molecule has 1 unspecified atom stereocenters. The van der Waals surface area contributed by atoms with E-state index in [1.165, 1.54) is 5.56 Å². The van der Waals surface area contributed by atoms with Crippen molar-refractivity contribution in [2.45, 2.75) is 31.6 Å². The summed E-state index contributed by atoms with van der Waals surface area (Å²) in [4.78, 5) is 12.3. The smallest absolute Gasteiger partial charge is 0.251 e. The summed E-state index contributed by atoms with van der Waals surface area (Å²) in [7, 11) is 0. The molecule has 21 heavy (non-hydrogen) atoms. The van der Waals surface area contributed by atoms with E-state index in [1.807, 2.05) is 24.3 Å². The molecule has 0 bridgehead atoms. The Morgan fingerprint density at radius 1 is 1.10 bits per heavy atom. The van der Waals surface area contributed by atoms with Crippen LogP contribution < -0.4 is 5.32 Å². The first-order chi connectivity index (χ1) is 10.1. The largest absolute Gasteiger partial charge is 0.345 e. The number of benzene rings is 2. The van der Waals surface area contributed by atoms with Crippen molar-refractivity contribution in [1.82, 2.24) is 5.32 Å². The number of rotatable bonds is 5. The van der Waals surface area contributed by atoms with Crippen LogP contribution in [0.25, 0.3) is 0 Å². The molecule has 2 nitrogen and oxygen atoms in total. The van der Waals surface area contributed by atoms with Crippen LogP contribution in [0, 0.1) is 6.92 Å². The van der Waals surface area contributed by atoms with Crippen LogP contribution in [-0.4, -0.2) is 5.91 Å². The fourth-order valence-corrected chi connectivity index (χ4v) is 2.58. The van der Waals surface area contributed by atoms with Gasteiger partial charge < -0.3 is 5.32 Å². The third-order valence-corrected chi connectivity index (χ3v) is 4.21. The summed E-state index contributed by atoms with van der Waals surface area (Å²) in [6, 6.07) is 16.0. The van der Waals surface area contributed by atoms with E-state index < -0.39 is 0 Å². The van der Waals surface area contributed by atoms with Gasteiger partial charge in [-0.05, 0) is 36.6 Å². The number of hydrogen-bond donors (Lipinski definition) is 1. The molecular formula is C18H20BrNO. The van der Waals surface area contributed by atoms with Crippen molar-refractivity contribution < 1.29 is 4.79 Å². The Balaban J connectivity index is 2.10. The molecule has 0 radical (unpaired) electrons. The zero-order valence-corrected chi connectivity index (χ0v) is 14.0. The number of aryl methyl sites for hydroxylation is 1. The number of carbonyl (C=O) groups excluding carboxylic acids is 1. The highest BCUT2D eigenvalue weighted by atomic mass is 79.9. The average molecular weight is 346 g/mol. The summed E-state index contributed by atoms with van der Waals surface area (Å²) in [6.07, 6.45) is 0.869. The fourth-order valence-electron chi connectivity index (χ4n) is 2.21. The van der Waals surface area contributed by atoms with Gasteiger partial charge in [0.25, 0.3) is 5.91 Å². The summed E-state index contributed by atoms with van der Waals surface area (Å²) < 4.78 is 0. The second-order valence-electron chi connectivity index (χ2n) is 5.18. The highest BCUT2D eigenvalue weighted by Crippen LogP contribution is 2.18. The number of hydrogen-bond acceptors (Lipinski definition) is 1. The Bertz CT molecular complexity index is 590. The molecule has 2 aromatic rings. The molecular weight excluding hydrogens is 326 g/mol. The summed E-state index contributed by atoms with van der Waals surface area (Å²) in [5.41, 5.74) is 4.24. The Labute approximate surface area is 134 Å². The molecule has 0 saturated heterocycles. The van der Waals surface area contributed by atoms with Crippen molar-refractivity contribution >= 4 is 21.8 Å². The molecule has 2 aromatic carbocycles. The molecule has 0 aromatic heterocycles. The fraction of sp³-hybridized carbons (Fsp3) is 0.278. The van der Waals surface area contributed by atoms with E-state index >= 15 is 0 Å². The molecule has 2 rings (SSSR count). The van der Waals surface area contributed by atoms with Crippen LogP contribution in [0.5, 0.6) is 0 Å². The summed E-state index contributed by atoms with van der Waals surface area (Å²) in [6.45, 7) is 4.15. The van der Waals surface area contributed by atoms with E-state index in [9.17, 15) is 4.79 Å². The highest BCUT2D eigenvalue weighted by Gasteiger charge is 2.13. The standard InChI is InChI=1S/C18H20BrNO/c1-3-17(15-8-4-13(2)5-9-15)20-18(21)16-10-6-14(12-19)7-11-16/h4-11,17H,3,12H2,1-2H3,(H,20,21). The Kier molecular flexibility index (Phi) is 5.57. The predicted octanol–water partition coefficient (Wildman–Crippen LogP) is 4.77. The minimum Gasteiger partial charge on any atom is -0.345 e. The number of nitrogens with one attached hydrogen (secondary N) is 1. The molecule has 1 amide bonds. The first kappa shape index (κ1) is 15.8. The van der Waals surface area contributed by atoms with Crippen LogP contribution in [-0.2, 0) is 5.33 Å². The molecule has 1 N–H and O–H groups in total. The summed E-state index contributed by atoms with van der Waals surface area (Å²) in [5, 5.41) is 3.91. The maximum atomic E-state index is 12.3. The highest BCUT2D eigenvalue weighted by molar-refractivity contribution is 9.08. The van der Waals surface area contributed by atoms with Gasteiger partial charge >= 0.3 is 0 Å². The third kappa shape index (κ3) is 4.18. The molecule has 0 heterocycles. The van der Waals surface area contributed by atoms with E-state index in [-0.39, 0.29) is 11.9 Å². The van der Waals surface area contributed by atoms with Crippen molar-refractivity contribution in [2.75, 3.05) is 0 Å². The lowest BCUT2D eigenvalue weighted by Crippen LogP contribution is -2.28. The molecule has 0 saturated carbocycles. The van der Waals surface area contributed by atoms with Gasteiger partial charge in [-0.15, -0.1) is 0 Å². The molecule has 3 heteroatoms. The molecule has 110 valence electrons. The van der Waals surface area contributed by atoms with Crippen molar-refractivity contribution in [2.24, 2.45) is 0 Å². The van der Waals surface area contributed by atoms with E-state index in [0.29, 0.717) is 5.56 Å². The number of alkyl halides is 1. The van der Waals surface area contributed by atoms with Gasteiger partial charge in [-0.1, -0.05) is 64.8 Å². The predicted molar refractivity (Wildman–Crippen MR) is 90.8 cm³/mol. The van der Waals surface area contributed by atoms with Crippen molar-refractivity contribution in [1.29, 1.82) is 0 Å². The van der Waals surface area contributed by atoms with Gasteiger partial charge in [0.05, 0.1) is 6.04 Å².